The van der Waals surface area contributed by atoms with Crippen molar-refractivity contribution in [3.8, 4) is 0 Å². The first-order valence-electron chi connectivity index (χ1n) is 7.19. The van der Waals surface area contributed by atoms with Crippen LogP contribution in [0.5, 0.6) is 0 Å². The topological polar surface area (TPSA) is 107 Å². The fourth-order valence-electron chi connectivity index (χ4n) is 2.06. The molecule has 1 amide bonds. The number of hydrogen-bond acceptors (Lipinski definition) is 6. The van der Waals surface area contributed by atoms with Crippen molar-refractivity contribution in [1.29, 1.82) is 0 Å². The smallest absolute Gasteiger partial charge is 0.346 e. The molecule has 1 atom stereocenters. The summed E-state index contributed by atoms with van der Waals surface area (Å²) >= 11 is 0. The van der Waals surface area contributed by atoms with E-state index in [1.807, 2.05) is 37.3 Å². The molecule has 0 spiro atoms. The van der Waals surface area contributed by atoms with Crippen LogP contribution in [0.15, 0.2) is 34.9 Å². The Morgan fingerprint density at radius 2 is 2.04 bits per heavy atom. The van der Waals surface area contributed by atoms with Crippen molar-refractivity contribution in [1.82, 2.24) is 10.5 Å². The Labute approximate surface area is 133 Å². The van der Waals surface area contributed by atoms with E-state index in [1.165, 1.54) is 0 Å². The first-order valence-corrected chi connectivity index (χ1v) is 7.19. The average Bonchev–Trinajstić information content (AvgIpc) is 2.90. The third-order valence-electron chi connectivity index (χ3n) is 3.40. The van der Waals surface area contributed by atoms with Gasteiger partial charge in [-0.3, -0.25) is 4.79 Å². The molecule has 122 valence electrons. The highest BCUT2D eigenvalue weighted by Crippen LogP contribution is 2.16. The zero-order chi connectivity index (χ0) is 16.8. The minimum Gasteiger partial charge on any atom is -0.452 e. The lowest BCUT2D eigenvalue weighted by Gasteiger charge is -2.13. The quantitative estimate of drug-likeness (QED) is 0.784. The van der Waals surface area contributed by atoms with Gasteiger partial charge in [0.05, 0.1) is 5.69 Å². The Bertz CT molecular complexity index is 662. The molecule has 0 bridgehead atoms. The maximum absolute atomic E-state index is 11.8. The average molecular weight is 317 g/mol. The Morgan fingerprint density at radius 1 is 1.35 bits per heavy atom. The Balaban J connectivity index is 1.78. The van der Waals surface area contributed by atoms with Crippen LogP contribution in [0.25, 0.3) is 0 Å². The summed E-state index contributed by atoms with van der Waals surface area (Å²) in [6.45, 7) is 3.64. The number of carbonyl (C=O) groups is 2. The molecule has 1 aromatic heterocycles. The van der Waals surface area contributed by atoms with Crippen LogP contribution in [0, 0.1) is 6.92 Å². The number of nitrogens with two attached hydrogens (primary N) is 1. The van der Waals surface area contributed by atoms with E-state index >= 15 is 0 Å². The molecule has 0 aliphatic carbocycles. The first-order chi connectivity index (χ1) is 11.0. The van der Waals surface area contributed by atoms with Crippen molar-refractivity contribution in [2.75, 3.05) is 18.9 Å². The molecule has 0 aliphatic rings. The highest BCUT2D eigenvalue weighted by atomic mass is 16.5. The maximum Gasteiger partial charge on any atom is 0.346 e. The van der Waals surface area contributed by atoms with Crippen LogP contribution >= 0.6 is 0 Å². The third-order valence-corrected chi connectivity index (χ3v) is 3.40. The molecular weight excluding hydrogens is 298 g/mol. The van der Waals surface area contributed by atoms with Crippen LogP contribution in [0.2, 0.25) is 0 Å². The zero-order valence-corrected chi connectivity index (χ0v) is 13.0. The molecule has 0 aliphatic heterocycles. The van der Waals surface area contributed by atoms with Crippen LogP contribution < -0.4 is 11.1 Å². The van der Waals surface area contributed by atoms with Gasteiger partial charge in [-0.1, -0.05) is 42.4 Å². The number of esters is 1. The molecule has 1 heterocycles. The van der Waals surface area contributed by atoms with E-state index in [0.29, 0.717) is 12.2 Å². The van der Waals surface area contributed by atoms with Crippen LogP contribution in [0.4, 0.5) is 5.88 Å². The second-order valence-electron chi connectivity index (χ2n) is 5.20. The van der Waals surface area contributed by atoms with Crippen LogP contribution in [0.1, 0.15) is 34.5 Å². The summed E-state index contributed by atoms with van der Waals surface area (Å²) in [6.07, 6.45) is 0. The molecule has 0 saturated carbocycles. The predicted molar refractivity (Wildman–Crippen MR) is 83.8 cm³/mol. The lowest BCUT2D eigenvalue weighted by molar-refractivity contribution is -0.124. The number of aryl methyl sites for hydroxylation is 1. The second kappa shape index (κ2) is 7.44. The van der Waals surface area contributed by atoms with Crippen molar-refractivity contribution in [2.24, 2.45) is 0 Å². The number of hydrogen-bond donors (Lipinski definition) is 2. The number of nitrogens with one attached hydrogen (secondary N) is 1. The number of aromatic nitrogens is 1. The van der Waals surface area contributed by atoms with Gasteiger partial charge in [0.2, 0.25) is 5.88 Å². The van der Waals surface area contributed by atoms with Gasteiger partial charge in [0.15, 0.2) is 6.61 Å². The molecule has 2 aromatic rings. The molecule has 7 nitrogen and oxygen atoms in total. The van der Waals surface area contributed by atoms with Gasteiger partial charge in [0, 0.05) is 6.54 Å². The van der Waals surface area contributed by atoms with Gasteiger partial charge in [-0.15, -0.1) is 0 Å². The molecule has 23 heavy (non-hydrogen) atoms. The van der Waals surface area contributed by atoms with Gasteiger partial charge >= 0.3 is 5.97 Å². The standard InChI is InChI=1S/C16H19N3O4/c1-10(12-6-4-3-5-7-12)8-18-13(20)9-22-16(21)14-11(2)19-23-15(14)17/h3-7,10H,8-9,17H2,1-2H3,(H,18,20)/t10-/m1/s1. The molecular formula is C16H19N3O4. The van der Waals surface area contributed by atoms with Gasteiger partial charge in [0.25, 0.3) is 5.91 Å². The summed E-state index contributed by atoms with van der Waals surface area (Å²) in [6, 6.07) is 9.82. The number of anilines is 1. The Hall–Kier alpha value is -2.83. The van der Waals surface area contributed by atoms with Crippen LogP contribution in [-0.4, -0.2) is 30.2 Å². The van der Waals surface area contributed by atoms with Crippen molar-refractivity contribution in [3.05, 3.63) is 47.2 Å². The van der Waals surface area contributed by atoms with Gasteiger partial charge in [0.1, 0.15) is 5.56 Å². The van der Waals surface area contributed by atoms with Gasteiger partial charge < -0.3 is 20.3 Å². The fourth-order valence-corrected chi connectivity index (χ4v) is 2.06. The molecule has 0 fully saturated rings. The first kappa shape index (κ1) is 16.5. The van der Waals surface area contributed by atoms with Crippen molar-refractivity contribution in [3.63, 3.8) is 0 Å². The number of amides is 1. The third kappa shape index (κ3) is 4.32. The highest BCUT2D eigenvalue weighted by Gasteiger charge is 2.20. The Morgan fingerprint density at radius 3 is 2.65 bits per heavy atom. The minimum atomic E-state index is -0.729. The molecule has 1 aromatic carbocycles. The van der Waals surface area contributed by atoms with E-state index in [-0.39, 0.29) is 29.9 Å². The molecule has 0 radical (unpaired) electrons. The number of ether oxygens (including phenoxy) is 1. The van der Waals surface area contributed by atoms with Gasteiger partial charge in [-0.05, 0) is 18.4 Å². The number of nitrogens with zero attached hydrogens (tertiary/aromatic N) is 1. The number of benzene rings is 1. The van der Waals surface area contributed by atoms with Crippen molar-refractivity contribution >= 4 is 17.8 Å². The molecule has 3 N–H and O–H groups in total. The van der Waals surface area contributed by atoms with Gasteiger partial charge in [-0.25, -0.2) is 4.79 Å². The summed E-state index contributed by atoms with van der Waals surface area (Å²) < 4.78 is 9.59. The number of rotatable bonds is 6. The predicted octanol–water partition coefficient (Wildman–Crippen LogP) is 1.64. The fraction of sp³-hybridized carbons (Fsp3) is 0.312. The highest BCUT2D eigenvalue weighted by molar-refractivity contribution is 5.96. The van der Waals surface area contributed by atoms with Crippen molar-refractivity contribution in [2.45, 2.75) is 19.8 Å². The van der Waals surface area contributed by atoms with E-state index in [2.05, 4.69) is 15.0 Å². The van der Waals surface area contributed by atoms with E-state index < -0.39 is 5.97 Å². The van der Waals surface area contributed by atoms with E-state index in [0.717, 1.165) is 5.56 Å². The van der Waals surface area contributed by atoms with E-state index in [4.69, 9.17) is 10.5 Å². The van der Waals surface area contributed by atoms with E-state index in [1.54, 1.807) is 6.92 Å². The lowest BCUT2D eigenvalue weighted by atomic mass is 10.0. The Kier molecular flexibility index (Phi) is 5.35. The summed E-state index contributed by atoms with van der Waals surface area (Å²) in [5.41, 5.74) is 6.98. The largest absolute Gasteiger partial charge is 0.452 e. The number of nitrogen functional groups attached to an aromatic ring is 1. The summed E-state index contributed by atoms with van der Waals surface area (Å²) in [5, 5.41) is 6.28. The minimum absolute atomic E-state index is 0.0513. The lowest BCUT2D eigenvalue weighted by Crippen LogP contribution is -2.31. The molecule has 2 rings (SSSR count). The monoisotopic (exact) mass is 317 g/mol. The summed E-state index contributed by atoms with van der Waals surface area (Å²) in [7, 11) is 0. The molecule has 0 saturated heterocycles. The summed E-state index contributed by atoms with van der Waals surface area (Å²) in [5.74, 6) is -1.07. The summed E-state index contributed by atoms with van der Waals surface area (Å²) in [4.78, 5) is 23.6. The maximum atomic E-state index is 11.8. The molecule has 0 unspecified atom stereocenters. The van der Waals surface area contributed by atoms with Crippen LogP contribution in [0.3, 0.4) is 0 Å². The second-order valence-corrected chi connectivity index (χ2v) is 5.20. The van der Waals surface area contributed by atoms with E-state index in [9.17, 15) is 9.59 Å². The zero-order valence-electron chi connectivity index (χ0n) is 13.0. The van der Waals surface area contributed by atoms with Crippen molar-refractivity contribution < 1.29 is 18.8 Å². The van der Waals surface area contributed by atoms with Crippen LogP contribution in [-0.2, 0) is 9.53 Å². The normalized spacial score (nSPS) is 11.7. The SMILES string of the molecule is Cc1noc(N)c1C(=O)OCC(=O)NC[C@@H](C)c1ccccc1. The number of carbonyl (C=O) groups excluding carboxylic acids is 2. The van der Waals surface area contributed by atoms with Gasteiger partial charge in [-0.2, -0.15) is 0 Å². The molecule has 7 heteroatoms.